The number of hydrogen-bond donors (Lipinski definition) is 0. The molecule has 0 heterocycles. The van der Waals surface area contributed by atoms with Crippen molar-refractivity contribution in [2.24, 2.45) is 41.4 Å². The molecule has 0 aromatic heterocycles. The number of methoxy groups -OCH3 is 1. The lowest BCUT2D eigenvalue weighted by atomic mass is 9.30. The fourth-order valence-electron chi connectivity index (χ4n) is 6.83. The van der Waals surface area contributed by atoms with Crippen molar-refractivity contribution in [1.82, 2.24) is 0 Å². The Morgan fingerprint density at radius 3 is 2.17 bits per heavy atom. The van der Waals surface area contributed by atoms with Gasteiger partial charge in [-0.15, -0.1) is 0 Å². The van der Waals surface area contributed by atoms with Gasteiger partial charge < -0.3 is 4.74 Å². The van der Waals surface area contributed by atoms with Crippen molar-refractivity contribution in [3.05, 3.63) is 0 Å². The Hall–Kier alpha value is -0.530. The van der Waals surface area contributed by atoms with Crippen molar-refractivity contribution >= 4 is 5.97 Å². The average molecular weight is 319 g/mol. The van der Waals surface area contributed by atoms with Gasteiger partial charge >= 0.3 is 5.97 Å². The van der Waals surface area contributed by atoms with Crippen LogP contribution in [0.5, 0.6) is 0 Å². The first kappa shape index (κ1) is 16.0. The molecule has 0 N–H and O–H groups in total. The van der Waals surface area contributed by atoms with E-state index < -0.39 is 0 Å². The summed E-state index contributed by atoms with van der Waals surface area (Å²) in [6.07, 6.45) is 16.2. The van der Waals surface area contributed by atoms with Crippen molar-refractivity contribution in [3.63, 3.8) is 0 Å². The quantitative estimate of drug-likeness (QED) is 0.454. The van der Waals surface area contributed by atoms with Gasteiger partial charge in [-0.2, -0.15) is 0 Å². The normalized spacial score (nSPS) is 43.1. The van der Waals surface area contributed by atoms with Crippen LogP contribution in [0.2, 0.25) is 0 Å². The minimum atomic E-state index is -0.0507. The van der Waals surface area contributed by atoms with E-state index in [-0.39, 0.29) is 5.97 Å². The van der Waals surface area contributed by atoms with E-state index >= 15 is 0 Å². The molecule has 0 amide bonds. The SMILES string of the molecule is COC(=O)CCCCCCCC1CCC2C(C1)C1C3CCC3C21. The van der Waals surface area contributed by atoms with E-state index in [1.807, 2.05) is 0 Å². The van der Waals surface area contributed by atoms with Gasteiger partial charge in [0.1, 0.15) is 0 Å². The summed E-state index contributed by atoms with van der Waals surface area (Å²) >= 11 is 0. The van der Waals surface area contributed by atoms with E-state index in [1.165, 1.54) is 69.3 Å². The van der Waals surface area contributed by atoms with Crippen LogP contribution < -0.4 is 0 Å². The van der Waals surface area contributed by atoms with Crippen molar-refractivity contribution in [2.45, 2.75) is 77.0 Å². The fourth-order valence-corrected chi connectivity index (χ4v) is 6.83. The molecule has 7 atom stereocenters. The van der Waals surface area contributed by atoms with Crippen LogP contribution in [0.1, 0.15) is 77.0 Å². The van der Waals surface area contributed by atoms with E-state index in [9.17, 15) is 4.79 Å². The van der Waals surface area contributed by atoms with Crippen LogP contribution in [0.25, 0.3) is 0 Å². The minimum Gasteiger partial charge on any atom is -0.469 e. The second-order valence-electron chi connectivity index (χ2n) is 8.95. The van der Waals surface area contributed by atoms with E-state index in [4.69, 9.17) is 0 Å². The van der Waals surface area contributed by atoms with Gasteiger partial charge in [-0.1, -0.05) is 38.5 Å². The van der Waals surface area contributed by atoms with Crippen molar-refractivity contribution < 1.29 is 9.53 Å². The molecular weight excluding hydrogens is 284 g/mol. The van der Waals surface area contributed by atoms with Crippen LogP contribution in [0, 0.1) is 41.4 Å². The number of hydrogen-bond acceptors (Lipinski definition) is 2. The highest BCUT2D eigenvalue weighted by molar-refractivity contribution is 5.68. The summed E-state index contributed by atoms with van der Waals surface area (Å²) in [5.41, 5.74) is 0. The molecule has 23 heavy (non-hydrogen) atoms. The summed E-state index contributed by atoms with van der Waals surface area (Å²) in [6, 6.07) is 0. The van der Waals surface area contributed by atoms with Gasteiger partial charge in [0.15, 0.2) is 0 Å². The summed E-state index contributed by atoms with van der Waals surface area (Å²) in [5.74, 6) is 8.10. The maximum Gasteiger partial charge on any atom is 0.305 e. The van der Waals surface area contributed by atoms with Gasteiger partial charge in [0, 0.05) is 6.42 Å². The molecule has 0 aromatic carbocycles. The van der Waals surface area contributed by atoms with Crippen molar-refractivity contribution in [1.29, 1.82) is 0 Å². The molecule has 0 radical (unpaired) electrons. The maximum atomic E-state index is 11.0. The predicted octanol–water partition coefficient (Wildman–Crippen LogP) is 5.21. The molecule has 4 saturated carbocycles. The third kappa shape index (κ3) is 2.85. The summed E-state index contributed by atoms with van der Waals surface area (Å²) in [5, 5.41) is 0. The first-order valence-electron chi connectivity index (χ1n) is 10.4. The summed E-state index contributed by atoms with van der Waals surface area (Å²) in [7, 11) is 1.48. The Morgan fingerprint density at radius 1 is 0.826 bits per heavy atom. The van der Waals surface area contributed by atoms with Crippen molar-refractivity contribution in [2.75, 3.05) is 7.11 Å². The maximum absolute atomic E-state index is 11.0. The molecule has 4 fully saturated rings. The topological polar surface area (TPSA) is 26.3 Å². The number of rotatable bonds is 8. The second kappa shape index (κ2) is 6.76. The highest BCUT2D eigenvalue weighted by Crippen LogP contribution is 2.74. The van der Waals surface area contributed by atoms with E-state index in [2.05, 4.69) is 4.74 Å². The van der Waals surface area contributed by atoms with Crippen LogP contribution in [0.3, 0.4) is 0 Å². The molecule has 4 aliphatic carbocycles. The molecule has 4 rings (SSSR count). The Morgan fingerprint density at radius 2 is 1.43 bits per heavy atom. The minimum absolute atomic E-state index is 0.0507. The zero-order chi connectivity index (χ0) is 15.8. The summed E-state index contributed by atoms with van der Waals surface area (Å²) in [6.45, 7) is 0. The van der Waals surface area contributed by atoms with Crippen LogP contribution >= 0.6 is 0 Å². The largest absolute Gasteiger partial charge is 0.469 e. The monoisotopic (exact) mass is 318 g/mol. The first-order valence-corrected chi connectivity index (χ1v) is 10.4. The number of esters is 1. The second-order valence-corrected chi connectivity index (χ2v) is 8.95. The lowest BCUT2D eigenvalue weighted by Crippen LogP contribution is -2.69. The van der Waals surface area contributed by atoms with Crippen LogP contribution in [-0.2, 0) is 9.53 Å². The summed E-state index contributed by atoms with van der Waals surface area (Å²) < 4.78 is 4.68. The predicted molar refractivity (Wildman–Crippen MR) is 91.9 cm³/mol. The van der Waals surface area contributed by atoms with Crippen LogP contribution in [0.4, 0.5) is 0 Å². The third-order valence-electron chi connectivity index (χ3n) is 8.09. The molecule has 4 aliphatic rings. The number of fused-ring (bicyclic) bond motifs is 7. The highest BCUT2D eigenvalue weighted by atomic mass is 16.5. The molecule has 0 spiro atoms. The van der Waals surface area contributed by atoms with Gasteiger partial charge in [-0.25, -0.2) is 0 Å². The molecule has 0 aromatic rings. The summed E-state index contributed by atoms with van der Waals surface area (Å²) in [4.78, 5) is 11.0. The van der Waals surface area contributed by atoms with E-state index in [0.717, 1.165) is 24.2 Å². The molecule has 130 valence electrons. The van der Waals surface area contributed by atoms with Gasteiger partial charge in [0.05, 0.1) is 7.11 Å². The highest BCUT2D eigenvalue weighted by Gasteiger charge is 2.68. The lowest BCUT2D eigenvalue weighted by molar-refractivity contribution is -0.264. The third-order valence-corrected chi connectivity index (χ3v) is 8.09. The number of carbonyl (C=O) groups excluding carboxylic acids is 1. The Balaban J connectivity index is 1.07. The van der Waals surface area contributed by atoms with Gasteiger partial charge in [0.2, 0.25) is 0 Å². The van der Waals surface area contributed by atoms with Crippen LogP contribution in [0.15, 0.2) is 0 Å². The number of ether oxygens (including phenoxy) is 1. The smallest absolute Gasteiger partial charge is 0.305 e. The molecule has 0 saturated heterocycles. The van der Waals surface area contributed by atoms with E-state index in [1.54, 1.807) is 25.7 Å². The lowest BCUT2D eigenvalue weighted by Gasteiger charge is -2.74. The molecule has 2 heteroatoms. The first-order chi connectivity index (χ1) is 11.3. The van der Waals surface area contributed by atoms with Gasteiger partial charge in [-0.3, -0.25) is 4.79 Å². The zero-order valence-corrected chi connectivity index (χ0v) is 14.8. The average Bonchev–Trinajstić information content (AvgIpc) is 2.55. The van der Waals surface area contributed by atoms with Crippen LogP contribution in [-0.4, -0.2) is 13.1 Å². The molecule has 0 bridgehead atoms. The molecule has 7 unspecified atom stereocenters. The zero-order valence-electron chi connectivity index (χ0n) is 14.8. The Kier molecular flexibility index (Phi) is 4.70. The van der Waals surface area contributed by atoms with Gasteiger partial charge in [-0.05, 0) is 73.5 Å². The van der Waals surface area contributed by atoms with Gasteiger partial charge in [0.25, 0.3) is 0 Å². The molecular formula is C21H34O2. The Bertz CT molecular complexity index is 426. The number of unbranched alkanes of at least 4 members (excludes halogenated alkanes) is 4. The number of carbonyl (C=O) groups is 1. The van der Waals surface area contributed by atoms with E-state index in [0.29, 0.717) is 6.42 Å². The molecule has 0 aliphatic heterocycles. The molecule has 2 nitrogen and oxygen atoms in total. The fraction of sp³-hybridized carbons (Fsp3) is 0.952. The standard InChI is InChI=1S/C21H34O2/c1-23-19(22)8-6-4-2-3-5-7-14-9-10-17-18(13-14)21-16-12-11-15(16)20(17)21/h14-18,20-21H,2-13H2,1H3. The Labute approximate surface area is 141 Å². The van der Waals surface area contributed by atoms with Crippen molar-refractivity contribution in [3.8, 4) is 0 Å².